The van der Waals surface area contributed by atoms with Crippen LogP contribution < -0.4 is 4.72 Å². The largest absolute Gasteiger partial charge is 0.467 e. The molecule has 5 nitrogen and oxygen atoms in total. The average molecular weight is 287 g/mol. The first-order valence-corrected chi connectivity index (χ1v) is 8.34. The predicted molar refractivity (Wildman–Crippen MR) is 72.1 cm³/mol. The Labute approximate surface area is 114 Å². The molecule has 0 radical (unpaired) electrons. The van der Waals surface area contributed by atoms with Gasteiger partial charge in [0.25, 0.3) is 0 Å². The van der Waals surface area contributed by atoms with Gasteiger partial charge >= 0.3 is 0 Å². The lowest BCUT2D eigenvalue weighted by Crippen LogP contribution is -2.36. The quantitative estimate of drug-likeness (QED) is 0.838. The second-order valence-corrected chi connectivity index (χ2v) is 7.06. The summed E-state index contributed by atoms with van der Waals surface area (Å²) in [5.74, 6) is 0.469. The van der Waals surface area contributed by atoms with Crippen LogP contribution in [0.4, 0.5) is 0 Å². The van der Waals surface area contributed by atoms with Gasteiger partial charge in [0.1, 0.15) is 11.9 Å². The van der Waals surface area contributed by atoms with Gasteiger partial charge < -0.3 is 9.52 Å². The summed E-state index contributed by atoms with van der Waals surface area (Å²) in [4.78, 5) is 0. The standard InChI is InChI=1S/C13H21NO4S/c15-12(13-7-4-10-18-13)8-9-14-19(16,17)11-5-2-1-3-6-11/h4,7,10-12,14-15H,1-3,5-6,8-9H2. The minimum absolute atomic E-state index is 0.237. The third-order valence-electron chi connectivity index (χ3n) is 3.58. The Hall–Kier alpha value is -0.850. The van der Waals surface area contributed by atoms with Crippen LogP contribution in [0.3, 0.4) is 0 Å². The van der Waals surface area contributed by atoms with Crippen molar-refractivity contribution in [2.45, 2.75) is 49.9 Å². The lowest BCUT2D eigenvalue weighted by Gasteiger charge is -2.22. The van der Waals surface area contributed by atoms with Crippen molar-refractivity contribution < 1.29 is 17.9 Å². The number of hydrogen-bond acceptors (Lipinski definition) is 4. The van der Waals surface area contributed by atoms with Crippen molar-refractivity contribution in [2.75, 3.05) is 6.54 Å². The maximum atomic E-state index is 12.0. The van der Waals surface area contributed by atoms with E-state index in [2.05, 4.69) is 4.72 Å². The molecule has 0 bridgehead atoms. The molecule has 108 valence electrons. The summed E-state index contributed by atoms with van der Waals surface area (Å²) in [6.07, 6.45) is 5.64. The lowest BCUT2D eigenvalue weighted by molar-refractivity contribution is 0.141. The van der Waals surface area contributed by atoms with E-state index in [4.69, 9.17) is 4.42 Å². The number of aliphatic hydroxyl groups is 1. The predicted octanol–water partition coefficient (Wildman–Crippen LogP) is 1.96. The van der Waals surface area contributed by atoms with Gasteiger partial charge in [-0.1, -0.05) is 19.3 Å². The summed E-state index contributed by atoms with van der Waals surface area (Å²) < 4.78 is 31.7. The van der Waals surface area contributed by atoms with Gasteiger partial charge in [-0.25, -0.2) is 13.1 Å². The van der Waals surface area contributed by atoms with Crippen LogP contribution in [0.1, 0.15) is 50.4 Å². The topological polar surface area (TPSA) is 79.5 Å². The highest BCUT2D eigenvalue weighted by atomic mass is 32.2. The maximum Gasteiger partial charge on any atom is 0.214 e. The Bertz CT molecular complexity index is 463. The number of hydrogen-bond donors (Lipinski definition) is 2. The van der Waals surface area contributed by atoms with Crippen LogP contribution >= 0.6 is 0 Å². The molecule has 1 aliphatic rings. The number of rotatable bonds is 6. The molecule has 1 unspecified atom stereocenters. The molecule has 2 N–H and O–H groups in total. The van der Waals surface area contributed by atoms with E-state index in [1.165, 1.54) is 6.26 Å². The molecule has 0 aliphatic heterocycles. The van der Waals surface area contributed by atoms with Crippen molar-refractivity contribution in [2.24, 2.45) is 0 Å². The van der Waals surface area contributed by atoms with E-state index >= 15 is 0 Å². The zero-order valence-corrected chi connectivity index (χ0v) is 11.7. The monoisotopic (exact) mass is 287 g/mol. The van der Waals surface area contributed by atoms with Gasteiger partial charge in [0.2, 0.25) is 10.0 Å². The molecule has 1 fully saturated rings. The Balaban J connectivity index is 1.78. The molecule has 0 amide bonds. The van der Waals surface area contributed by atoms with Gasteiger partial charge in [-0.15, -0.1) is 0 Å². The molecule has 1 atom stereocenters. The van der Waals surface area contributed by atoms with Crippen molar-refractivity contribution in [3.63, 3.8) is 0 Å². The zero-order valence-electron chi connectivity index (χ0n) is 10.9. The maximum absolute atomic E-state index is 12.0. The van der Waals surface area contributed by atoms with Gasteiger partial charge in [-0.2, -0.15) is 0 Å². The van der Waals surface area contributed by atoms with Crippen LogP contribution in [0, 0.1) is 0 Å². The van der Waals surface area contributed by atoms with Gasteiger partial charge in [0.15, 0.2) is 0 Å². The second-order valence-electron chi connectivity index (χ2n) is 5.02. The highest BCUT2D eigenvalue weighted by Gasteiger charge is 2.26. The van der Waals surface area contributed by atoms with Crippen LogP contribution in [0.2, 0.25) is 0 Å². The molecule has 2 rings (SSSR count). The molecular weight excluding hydrogens is 266 g/mol. The molecule has 1 aliphatic carbocycles. The smallest absolute Gasteiger partial charge is 0.214 e. The van der Waals surface area contributed by atoms with Crippen molar-refractivity contribution in [1.82, 2.24) is 4.72 Å². The number of nitrogens with one attached hydrogen (secondary N) is 1. The van der Waals surface area contributed by atoms with E-state index in [0.29, 0.717) is 12.2 Å². The van der Waals surface area contributed by atoms with Gasteiger partial charge in [0, 0.05) is 6.54 Å². The third-order valence-corrected chi connectivity index (χ3v) is 5.54. The summed E-state index contributed by atoms with van der Waals surface area (Å²) in [6.45, 7) is 0.237. The van der Waals surface area contributed by atoms with Crippen LogP contribution in [0.5, 0.6) is 0 Å². The zero-order chi connectivity index (χ0) is 13.7. The molecule has 1 aromatic heterocycles. The van der Waals surface area contributed by atoms with Crippen LogP contribution in [-0.2, 0) is 10.0 Å². The summed E-state index contributed by atoms with van der Waals surface area (Å²) in [6, 6.07) is 3.38. The van der Waals surface area contributed by atoms with E-state index in [1.54, 1.807) is 12.1 Å². The van der Waals surface area contributed by atoms with Crippen LogP contribution in [0.15, 0.2) is 22.8 Å². The number of furan rings is 1. The van der Waals surface area contributed by atoms with Gasteiger partial charge in [0.05, 0.1) is 11.5 Å². The molecule has 1 saturated carbocycles. The highest BCUT2D eigenvalue weighted by Crippen LogP contribution is 2.23. The first-order chi connectivity index (χ1) is 9.09. The number of sulfonamides is 1. The third kappa shape index (κ3) is 4.06. The minimum atomic E-state index is -3.24. The molecule has 0 saturated heterocycles. The fourth-order valence-corrected chi connectivity index (χ4v) is 4.05. The molecule has 6 heteroatoms. The molecule has 1 aromatic rings. The van der Waals surface area contributed by atoms with Crippen LogP contribution in [0.25, 0.3) is 0 Å². The van der Waals surface area contributed by atoms with E-state index in [0.717, 1.165) is 32.1 Å². The fourth-order valence-electron chi connectivity index (χ4n) is 2.45. The van der Waals surface area contributed by atoms with Gasteiger partial charge in [-0.3, -0.25) is 0 Å². The Morgan fingerprint density at radius 2 is 2.11 bits per heavy atom. The summed E-state index contributed by atoms with van der Waals surface area (Å²) in [5.41, 5.74) is 0. The van der Waals surface area contributed by atoms with E-state index in [-0.39, 0.29) is 11.8 Å². The molecule has 0 spiro atoms. The Morgan fingerprint density at radius 1 is 1.37 bits per heavy atom. The van der Waals surface area contributed by atoms with Gasteiger partial charge in [-0.05, 0) is 31.4 Å². The first kappa shape index (κ1) is 14.6. The average Bonchev–Trinajstić information content (AvgIpc) is 2.93. The summed E-state index contributed by atoms with van der Waals surface area (Å²) in [5, 5.41) is 9.53. The second kappa shape index (κ2) is 6.54. The van der Waals surface area contributed by atoms with Crippen molar-refractivity contribution >= 4 is 10.0 Å². The van der Waals surface area contributed by atoms with E-state index in [9.17, 15) is 13.5 Å². The molecule has 0 aromatic carbocycles. The SMILES string of the molecule is O=S(=O)(NCCC(O)c1ccco1)C1CCCCC1. The van der Waals surface area contributed by atoms with Crippen molar-refractivity contribution in [3.05, 3.63) is 24.2 Å². The molecule has 1 heterocycles. The van der Waals surface area contributed by atoms with Crippen molar-refractivity contribution in [1.29, 1.82) is 0 Å². The lowest BCUT2D eigenvalue weighted by atomic mass is 10.0. The Kier molecular flexibility index (Phi) is 5.01. The summed E-state index contributed by atoms with van der Waals surface area (Å²) >= 11 is 0. The van der Waals surface area contributed by atoms with Crippen LogP contribution in [-0.4, -0.2) is 25.3 Å². The molecule has 19 heavy (non-hydrogen) atoms. The highest BCUT2D eigenvalue weighted by molar-refractivity contribution is 7.90. The van der Waals surface area contributed by atoms with Crippen molar-refractivity contribution in [3.8, 4) is 0 Å². The Morgan fingerprint density at radius 3 is 2.74 bits per heavy atom. The fraction of sp³-hybridized carbons (Fsp3) is 0.692. The summed E-state index contributed by atoms with van der Waals surface area (Å²) in [7, 11) is -3.24. The van der Waals surface area contributed by atoms with E-state index in [1.807, 2.05) is 0 Å². The normalized spacial score (nSPS) is 19.4. The minimum Gasteiger partial charge on any atom is -0.467 e. The number of aliphatic hydroxyl groups excluding tert-OH is 1. The van der Waals surface area contributed by atoms with E-state index < -0.39 is 16.1 Å². The molecular formula is C13H21NO4S. The first-order valence-electron chi connectivity index (χ1n) is 6.79.